The van der Waals surface area contributed by atoms with E-state index in [4.69, 9.17) is 9.72 Å². The quantitative estimate of drug-likeness (QED) is 0.697. The van der Waals surface area contributed by atoms with Gasteiger partial charge in [0.1, 0.15) is 12.4 Å². The second kappa shape index (κ2) is 7.43. The van der Waals surface area contributed by atoms with Crippen molar-refractivity contribution in [1.82, 2.24) is 9.88 Å². The fourth-order valence-corrected chi connectivity index (χ4v) is 4.29. The molecule has 30 heavy (non-hydrogen) atoms. The van der Waals surface area contributed by atoms with Crippen molar-refractivity contribution in [1.29, 1.82) is 0 Å². The molecule has 2 aliphatic heterocycles. The molecule has 0 bridgehead atoms. The lowest BCUT2D eigenvalue weighted by Crippen LogP contribution is -2.32. The maximum absolute atomic E-state index is 12.2. The number of carboxylic acids is 1. The number of hydrogen-bond donors (Lipinski definition) is 1. The van der Waals surface area contributed by atoms with Gasteiger partial charge in [0, 0.05) is 29.6 Å². The highest BCUT2D eigenvalue weighted by Gasteiger charge is 2.28. The van der Waals surface area contributed by atoms with E-state index in [9.17, 15) is 9.90 Å². The number of benzene rings is 2. The van der Waals surface area contributed by atoms with Gasteiger partial charge in [-0.1, -0.05) is 43.3 Å². The zero-order valence-corrected chi connectivity index (χ0v) is 16.8. The van der Waals surface area contributed by atoms with Crippen LogP contribution < -0.4 is 4.74 Å². The highest BCUT2D eigenvalue weighted by atomic mass is 16.5. The molecule has 0 aliphatic carbocycles. The minimum Gasteiger partial charge on any atom is -0.488 e. The lowest BCUT2D eigenvalue weighted by Gasteiger charge is -2.31. The molecule has 1 aromatic heterocycles. The molecule has 5 rings (SSSR count). The molecule has 0 unspecified atom stereocenters. The smallest absolute Gasteiger partial charge is 0.336 e. The zero-order valence-electron chi connectivity index (χ0n) is 16.8. The minimum absolute atomic E-state index is 0.360. The fourth-order valence-electron chi connectivity index (χ4n) is 4.29. The molecule has 0 atom stereocenters. The van der Waals surface area contributed by atoms with E-state index in [1.54, 1.807) is 0 Å². The SMILES string of the molecule is CCN1C/C(=C/C2=Cc3ccccc3OC2)c2nc3ccccc3c(C(=O)O)c2C1. The average Bonchev–Trinajstić information content (AvgIpc) is 2.77. The lowest BCUT2D eigenvalue weighted by atomic mass is 9.91. The number of nitrogens with zero attached hydrogens (tertiary/aromatic N) is 2. The van der Waals surface area contributed by atoms with Gasteiger partial charge in [-0.15, -0.1) is 0 Å². The van der Waals surface area contributed by atoms with E-state index in [0.717, 1.165) is 46.8 Å². The Labute approximate surface area is 174 Å². The van der Waals surface area contributed by atoms with Crippen LogP contribution in [-0.4, -0.2) is 40.7 Å². The molecule has 1 N–H and O–H groups in total. The van der Waals surface area contributed by atoms with Crippen LogP contribution in [0.4, 0.5) is 0 Å². The summed E-state index contributed by atoms with van der Waals surface area (Å²) in [6.07, 6.45) is 4.25. The highest BCUT2D eigenvalue weighted by Crippen LogP contribution is 2.34. The molecule has 5 heteroatoms. The van der Waals surface area contributed by atoms with E-state index in [0.29, 0.717) is 29.6 Å². The van der Waals surface area contributed by atoms with Crippen molar-refractivity contribution in [3.63, 3.8) is 0 Å². The van der Waals surface area contributed by atoms with Crippen molar-refractivity contribution in [2.75, 3.05) is 19.7 Å². The molecule has 0 fully saturated rings. The van der Waals surface area contributed by atoms with E-state index in [-0.39, 0.29) is 0 Å². The van der Waals surface area contributed by atoms with Crippen molar-refractivity contribution in [3.8, 4) is 5.75 Å². The van der Waals surface area contributed by atoms with Crippen molar-refractivity contribution >= 4 is 28.5 Å². The third kappa shape index (κ3) is 3.17. The predicted molar refractivity (Wildman–Crippen MR) is 118 cm³/mol. The summed E-state index contributed by atoms with van der Waals surface area (Å²) in [7, 11) is 0. The first-order valence-corrected chi connectivity index (χ1v) is 10.1. The molecule has 5 nitrogen and oxygen atoms in total. The molecule has 2 aliphatic rings. The fraction of sp³-hybridized carbons (Fsp3) is 0.200. The van der Waals surface area contributed by atoms with Crippen molar-refractivity contribution in [2.45, 2.75) is 13.5 Å². The van der Waals surface area contributed by atoms with Crippen molar-refractivity contribution in [3.05, 3.63) is 82.6 Å². The Balaban J connectivity index is 1.70. The van der Waals surface area contributed by atoms with Gasteiger partial charge in [0.25, 0.3) is 0 Å². The molecule has 3 heterocycles. The number of aromatic nitrogens is 1. The van der Waals surface area contributed by atoms with Gasteiger partial charge in [-0.3, -0.25) is 4.90 Å². The van der Waals surface area contributed by atoms with Gasteiger partial charge in [-0.2, -0.15) is 0 Å². The number of hydrogen-bond acceptors (Lipinski definition) is 4. The number of fused-ring (bicyclic) bond motifs is 3. The monoisotopic (exact) mass is 398 g/mol. The van der Waals surface area contributed by atoms with E-state index >= 15 is 0 Å². The Morgan fingerprint density at radius 3 is 2.80 bits per heavy atom. The topological polar surface area (TPSA) is 62.7 Å². The van der Waals surface area contributed by atoms with E-state index in [1.807, 2.05) is 48.5 Å². The Bertz CT molecular complexity index is 1230. The molecule has 0 spiro atoms. The van der Waals surface area contributed by atoms with Crippen molar-refractivity contribution < 1.29 is 14.6 Å². The van der Waals surface area contributed by atoms with Crippen LogP contribution >= 0.6 is 0 Å². The third-order valence-corrected chi connectivity index (χ3v) is 5.75. The molecular formula is C25H22N2O3. The van der Waals surface area contributed by atoms with Crippen LogP contribution in [-0.2, 0) is 6.54 Å². The lowest BCUT2D eigenvalue weighted by molar-refractivity contribution is 0.0696. The number of pyridine rings is 1. The molecular weight excluding hydrogens is 376 g/mol. The second-order valence-electron chi connectivity index (χ2n) is 7.65. The first-order chi connectivity index (χ1) is 14.6. The molecule has 0 amide bonds. The van der Waals surface area contributed by atoms with Crippen LogP contribution in [0.15, 0.2) is 60.2 Å². The van der Waals surface area contributed by atoms with Crippen LogP contribution in [0.3, 0.4) is 0 Å². The van der Waals surface area contributed by atoms with Crippen LogP contribution in [0.1, 0.15) is 34.1 Å². The molecule has 0 radical (unpaired) electrons. The number of para-hydroxylation sites is 2. The van der Waals surface area contributed by atoms with E-state index < -0.39 is 5.97 Å². The number of carboxylic acid groups (broad SMARTS) is 1. The number of aromatic carboxylic acids is 1. The molecule has 2 aromatic carbocycles. The van der Waals surface area contributed by atoms with Gasteiger partial charge in [-0.25, -0.2) is 9.78 Å². The van der Waals surface area contributed by atoms with Crippen molar-refractivity contribution in [2.24, 2.45) is 0 Å². The molecule has 0 saturated heterocycles. The number of carbonyl (C=O) groups is 1. The normalized spacial score (nSPS) is 17.2. The summed E-state index contributed by atoms with van der Waals surface area (Å²) < 4.78 is 5.91. The summed E-state index contributed by atoms with van der Waals surface area (Å²) in [5.74, 6) is -0.0209. The Morgan fingerprint density at radius 2 is 1.97 bits per heavy atom. The van der Waals surface area contributed by atoms with Gasteiger partial charge in [-0.05, 0) is 42.0 Å². The summed E-state index contributed by atoms with van der Waals surface area (Å²) in [6, 6.07) is 15.4. The Kier molecular flexibility index (Phi) is 4.60. The number of rotatable bonds is 3. The maximum Gasteiger partial charge on any atom is 0.336 e. The Morgan fingerprint density at radius 1 is 1.17 bits per heavy atom. The predicted octanol–water partition coefficient (Wildman–Crippen LogP) is 4.63. The maximum atomic E-state index is 12.2. The summed E-state index contributed by atoms with van der Waals surface area (Å²) in [6.45, 7) is 4.73. The van der Waals surface area contributed by atoms with Gasteiger partial charge in [0.2, 0.25) is 0 Å². The van der Waals surface area contributed by atoms with Gasteiger partial charge in [0.05, 0.1) is 16.8 Å². The van der Waals surface area contributed by atoms with E-state index in [2.05, 4.69) is 24.0 Å². The minimum atomic E-state index is -0.906. The summed E-state index contributed by atoms with van der Waals surface area (Å²) in [4.78, 5) is 19.4. The largest absolute Gasteiger partial charge is 0.488 e. The van der Waals surface area contributed by atoms with Crippen LogP contribution in [0.5, 0.6) is 5.75 Å². The van der Waals surface area contributed by atoms with Crippen LogP contribution in [0.2, 0.25) is 0 Å². The first kappa shape index (κ1) is 18.6. The first-order valence-electron chi connectivity index (χ1n) is 10.1. The summed E-state index contributed by atoms with van der Waals surface area (Å²) >= 11 is 0. The van der Waals surface area contributed by atoms with E-state index in [1.165, 1.54) is 0 Å². The van der Waals surface area contributed by atoms with Crippen LogP contribution in [0, 0.1) is 0 Å². The highest BCUT2D eigenvalue weighted by molar-refractivity contribution is 6.05. The number of likely N-dealkylation sites (N-methyl/N-ethyl adjacent to an activating group) is 1. The van der Waals surface area contributed by atoms with Gasteiger partial charge < -0.3 is 9.84 Å². The standard InChI is InChI=1S/C25H22N2O3/c1-2-27-13-18(12-16-11-17-7-3-6-10-22(17)30-15-16)24-20(14-27)23(25(28)29)19-8-4-5-9-21(19)26-24/h3-12H,2,13-15H2,1H3,(H,28,29)/b18-12-. The van der Waals surface area contributed by atoms with Crippen LogP contribution in [0.25, 0.3) is 22.6 Å². The molecule has 150 valence electrons. The molecule has 0 saturated carbocycles. The van der Waals surface area contributed by atoms with Gasteiger partial charge in [0.15, 0.2) is 0 Å². The van der Waals surface area contributed by atoms with Gasteiger partial charge >= 0.3 is 5.97 Å². The average molecular weight is 398 g/mol. The Hall–Kier alpha value is -3.44. The summed E-state index contributed by atoms with van der Waals surface area (Å²) in [5.41, 5.74) is 5.79. The summed E-state index contributed by atoms with van der Waals surface area (Å²) in [5, 5.41) is 10.7. The zero-order chi connectivity index (χ0) is 20.7. The third-order valence-electron chi connectivity index (χ3n) is 5.75. The molecule has 3 aromatic rings. The number of ether oxygens (including phenoxy) is 1. The second-order valence-corrected chi connectivity index (χ2v) is 7.65.